The third-order valence-corrected chi connectivity index (χ3v) is 3.25. The molecule has 0 fully saturated rings. The fourth-order valence-electron chi connectivity index (χ4n) is 1.83. The molecule has 0 aliphatic carbocycles. The molecule has 0 radical (unpaired) electrons. The van der Waals surface area contributed by atoms with Crippen molar-refractivity contribution in [2.45, 2.75) is 12.6 Å². The summed E-state index contributed by atoms with van der Waals surface area (Å²) >= 11 is 3.08. The molecule has 0 aromatic heterocycles. The molecule has 0 amide bonds. The van der Waals surface area contributed by atoms with E-state index < -0.39 is 16.7 Å². The molecule has 1 aromatic rings. The number of benzene rings is 1. The summed E-state index contributed by atoms with van der Waals surface area (Å²) in [7, 11) is 0. The van der Waals surface area contributed by atoms with Gasteiger partial charge in [-0.1, -0.05) is 0 Å². The first-order valence-corrected chi connectivity index (χ1v) is 5.53. The van der Waals surface area contributed by atoms with Gasteiger partial charge in [-0.2, -0.15) is 0 Å². The predicted octanol–water partition coefficient (Wildman–Crippen LogP) is 1.27. The van der Waals surface area contributed by atoms with Gasteiger partial charge in [0.1, 0.15) is 0 Å². The molecule has 0 spiro atoms. The molecule has 17 heavy (non-hydrogen) atoms. The second-order valence-corrected chi connectivity index (χ2v) is 4.45. The second-order valence-electron chi connectivity index (χ2n) is 3.59. The quantitative estimate of drug-likeness (QED) is 0.393. The van der Waals surface area contributed by atoms with Crippen LogP contribution in [-0.4, -0.2) is 17.0 Å². The number of hydrogen-bond donors (Lipinski definition) is 1. The average Bonchev–Trinajstić information content (AvgIpc) is 2.69. The lowest BCUT2D eigenvalue weighted by Gasteiger charge is -2.06. The highest BCUT2D eigenvalue weighted by molar-refractivity contribution is 9.10. The molecule has 1 aromatic carbocycles. The highest BCUT2D eigenvalue weighted by Crippen LogP contribution is 2.34. The number of ketones is 1. The van der Waals surface area contributed by atoms with Gasteiger partial charge in [0.15, 0.2) is 6.29 Å². The number of aldehydes is 1. The zero-order valence-electron chi connectivity index (χ0n) is 8.47. The van der Waals surface area contributed by atoms with Gasteiger partial charge in [-0.3, -0.25) is 25.0 Å². The standard InChI is InChI=1S/C10H7BrN2O4/c11-7-2-6-5(1-8(7)13(16)17)3-12-10(6)9(15)4-14/h1-2,4,10,12H,3H2. The minimum absolute atomic E-state index is 0.0512. The van der Waals surface area contributed by atoms with E-state index in [0.29, 0.717) is 22.1 Å². The first-order valence-electron chi connectivity index (χ1n) is 4.73. The van der Waals surface area contributed by atoms with Crippen molar-refractivity contribution in [2.75, 3.05) is 0 Å². The van der Waals surface area contributed by atoms with E-state index in [9.17, 15) is 19.7 Å². The number of rotatable bonds is 3. The topological polar surface area (TPSA) is 89.3 Å². The predicted molar refractivity (Wildman–Crippen MR) is 61.4 cm³/mol. The lowest BCUT2D eigenvalue weighted by Crippen LogP contribution is -2.22. The van der Waals surface area contributed by atoms with Crippen LogP contribution in [0.4, 0.5) is 5.69 Å². The number of fused-ring (bicyclic) bond motifs is 1. The molecule has 6 nitrogen and oxygen atoms in total. The van der Waals surface area contributed by atoms with Gasteiger partial charge in [0, 0.05) is 12.6 Å². The van der Waals surface area contributed by atoms with Crippen LogP contribution in [0.15, 0.2) is 16.6 Å². The summed E-state index contributed by atoms with van der Waals surface area (Å²) in [6.07, 6.45) is 0.252. The monoisotopic (exact) mass is 298 g/mol. The molecular weight excluding hydrogens is 292 g/mol. The van der Waals surface area contributed by atoms with Gasteiger partial charge < -0.3 is 0 Å². The van der Waals surface area contributed by atoms with Crippen LogP contribution in [0.2, 0.25) is 0 Å². The highest BCUT2D eigenvalue weighted by Gasteiger charge is 2.30. The molecule has 1 atom stereocenters. The van der Waals surface area contributed by atoms with Crippen LogP contribution in [0.25, 0.3) is 0 Å². The third kappa shape index (κ3) is 1.98. The van der Waals surface area contributed by atoms with Crippen molar-refractivity contribution in [1.82, 2.24) is 5.32 Å². The summed E-state index contributed by atoms with van der Waals surface area (Å²) in [5.74, 6) is -0.579. The van der Waals surface area contributed by atoms with Crippen LogP contribution in [0, 0.1) is 10.1 Å². The average molecular weight is 299 g/mol. The van der Waals surface area contributed by atoms with E-state index in [-0.39, 0.29) is 12.0 Å². The van der Waals surface area contributed by atoms with Crippen LogP contribution in [0.3, 0.4) is 0 Å². The van der Waals surface area contributed by atoms with Crippen molar-refractivity contribution in [3.8, 4) is 0 Å². The summed E-state index contributed by atoms with van der Waals surface area (Å²) in [5.41, 5.74) is 1.23. The minimum atomic E-state index is -0.695. The molecule has 1 aliphatic rings. The van der Waals surface area contributed by atoms with Gasteiger partial charge in [0.2, 0.25) is 5.78 Å². The Bertz CT molecular complexity index is 529. The van der Waals surface area contributed by atoms with E-state index in [4.69, 9.17) is 0 Å². The lowest BCUT2D eigenvalue weighted by molar-refractivity contribution is -0.385. The van der Waals surface area contributed by atoms with E-state index >= 15 is 0 Å². The Labute approximate surface area is 104 Å². The van der Waals surface area contributed by atoms with Crippen molar-refractivity contribution < 1.29 is 14.5 Å². The van der Waals surface area contributed by atoms with E-state index in [1.807, 2.05) is 0 Å². The third-order valence-electron chi connectivity index (χ3n) is 2.61. The number of carbonyl (C=O) groups excluding carboxylic acids is 2. The molecule has 0 saturated carbocycles. The zero-order valence-corrected chi connectivity index (χ0v) is 10.1. The van der Waals surface area contributed by atoms with E-state index in [1.165, 1.54) is 12.1 Å². The fraction of sp³-hybridized carbons (Fsp3) is 0.200. The number of carbonyl (C=O) groups is 2. The van der Waals surface area contributed by atoms with Crippen molar-refractivity contribution in [3.05, 3.63) is 37.8 Å². The molecule has 7 heteroatoms. The van der Waals surface area contributed by atoms with Crippen molar-refractivity contribution in [1.29, 1.82) is 0 Å². The van der Waals surface area contributed by atoms with Crippen molar-refractivity contribution in [2.24, 2.45) is 0 Å². The SMILES string of the molecule is O=CC(=O)C1NCc2cc([N+](=O)[O-])c(Br)cc21. The second kappa shape index (κ2) is 4.34. The van der Waals surface area contributed by atoms with Gasteiger partial charge >= 0.3 is 0 Å². The number of halogens is 1. The number of nitro groups is 1. The summed E-state index contributed by atoms with van der Waals surface area (Å²) in [6.45, 7) is 0.341. The van der Waals surface area contributed by atoms with Gasteiger partial charge in [0.05, 0.1) is 15.4 Å². The first-order chi connectivity index (χ1) is 8.04. The largest absolute Gasteiger partial charge is 0.299 e. The van der Waals surface area contributed by atoms with Crippen LogP contribution in [0.5, 0.6) is 0 Å². The molecule has 1 heterocycles. The Morgan fingerprint density at radius 1 is 1.59 bits per heavy atom. The Balaban J connectivity index is 2.49. The zero-order chi connectivity index (χ0) is 12.6. The van der Waals surface area contributed by atoms with Gasteiger partial charge in [-0.25, -0.2) is 0 Å². The van der Waals surface area contributed by atoms with E-state index in [1.54, 1.807) is 0 Å². The van der Waals surface area contributed by atoms with Gasteiger partial charge in [-0.05, 0) is 33.1 Å². The maximum Gasteiger partial charge on any atom is 0.283 e. The fourth-order valence-corrected chi connectivity index (χ4v) is 2.33. The molecule has 2 rings (SSSR count). The Morgan fingerprint density at radius 2 is 2.29 bits per heavy atom. The van der Waals surface area contributed by atoms with E-state index in [0.717, 1.165) is 0 Å². The van der Waals surface area contributed by atoms with Crippen molar-refractivity contribution >= 4 is 33.7 Å². The van der Waals surface area contributed by atoms with Crippen molar-refractivity contribution in [3.63, 3.8) is 0 Å². The van der Waals surface area contributed by atoms with Crippen LogP contribution in [-0.2, 0) is 16.1 Å². The van der Waals surface area contributed by atoms with Crippen LogP contribution in [0.1, 0.15) is 17.2 Å². The minimum Gasteiger partial charge on any atom is -0.299 e. The maximum atomic E-state index is 11.3. The number of Topliss-reactive ketones (excluding diaryl/α,β-unsaturated/α-hetero) is 1. The normalized spacial score (nSPS) is 17.6. The van der Waals surface area contributed by atoms with Crippen LogP contribution < -0.4 is 5.32 Å². The Hall–Kier alpha value is -1.60. The molecule has 1 aliphatic heterocycles. The molecule has 0 saturated heterocycles. The highest BCUT2D eigenvalue weighted by atomic mass is 79.9. The van der Waals surface area contributed by atoms with Gasteiger partial charge in [0.25, 0.3) is 5.69 Å². The maximum absolute atomic E-state index is 11.3. The Morgan fingerprint density at radius 3 is 2.88 bits per heavy atom. The number of hydrogen-bond acceptors (Lipinski definition) is 5. The molecule has 0 bridgehead atoms. The van der Waals surface area contributed by atoms with E-state index in [2.05, 4.69) is 21.2 Å². The summed E-state index contributed by atoms with van der Waals surface area (Å²) in [6, 6.07) is 2.23. The number of nitrogens with one attached hydrogen (secondary N) is 1. The molecule has 88 valence electrons. The summed E-state index contributed by atoms with van der Waals surface area (Å²) in [4.78, 5) is 32.0. The molecular formula is C10H7BrN2O4. The van der Waals surface area contributed by atoms with Gasteiger partial charge in [-0.15, -0.1) is 0 Å². The summed E-state index contributed by atoms with van der Waals surface area (Å²) in [5, 5.41) is 13.6. The molecule has 1 N–H and O–H groups in total. The van der Waals surface area contributed by atoms with Crippen LogP contribution >= 0.6 is 15.9 Å². The number of nitro benzene ring substituents is 1. The lowest BCUT2D eigenvalue weighted by atomic mass is 10.0. The number of nitrogens with zero attached hydrogens (tertiary/aromatic N) is 1. The first kappa shape index (κ1) is 11.9. The Kier molecular flexibility index (Phi) is 3.03. The summed E-state index contributed by atoms with van der Waals surface area (Å²) < 4.78 is 0.300. The smallest absolute Gasteiger partial charge is 0.283 e. The molecule has 1 unspecified atom stereocenters.